The second kappa shape index (κ2) is 5.13. The number of rotatable bonds is 3. The molecule has 3 aliphatic heterocycles. The Labute approximate surface area is 137 Å². The van der Waals surface area contributed by atoms with E-state index in [0.29, 0.717) is 24.3 Å². The first-order chi connectivity index (χ1) is 11.5. The first-order valence-corrected chi connectivity index (χ1v) is 7.46. The van der Waals surface area contributed by atoms with Crippen LogP contribution >= 0.6 is 0 Å². The van der Waals surface area contributed by atoms with Gasteiger partial charge in [0, 0.05) is 24.5 Å². The second-order valence-corrected chi connectivity index (χ2v) is 5.97. The fourth-order valence-electron chi connectivity index (χ4n) is 3.39. The largest absolute Gasteiger partial charge is 0.473 e. The Morgan fingerprint density at radius 3 is 2.88 bits per heavy atom. The molecule has 4 rings (SSSR count). The predicted octanol–water partition coefficient (Wildman–Crippen LogP) is 1.55. The van der Waals surface area contributed by atoms with Gasteiger partial charge in [0.2, 0.25) is 6.79 Å². The van der Waals surface area contributed by atoms with Gasteiger partial charge < -0.3 is 19.3 Å². The molecule has 2 atom stereocenters. The highest BCUT2D eigenvalue weighted by atomic mass is 16.7. The van der Waals surface area contributed by atoms with Gasteiger partial charge in [0.15, 0.2) is 11.5 Å². The molecule has 3 heterocycles. The summed E-state index contributed by atoms with van der Waals surface area (Å²) in [6.45, 7) is 4.07. The van der Waals surface area contributed by atoms with Gasteiger partial charge in [0.05, 0.1) is 12.2 Å². The maximum Gasteiger partial charge on any atom is 0.417 e. The number of fused-ring (bicyclic) bond motifs is 6. The van der Waals surface area contributed by atoms with Gasteiger partial charge in [0.1, 0.15) is 11.7 Å². The lowest BCUT2D eigenvalue weighted by Gasteiger charge is -2.40. The van der Waals surface area contributed by atoms with E-state index < -0.39 is 17.5 Å². The van der Waals surface area contributed by atoms with Crippen molar-refractivity contribution in [2.75, 3.05) is 18.4 Å². The Morgan fingerprint density at radius 1 is 1.42 bits per heavy atom. The number of esters is 1. The molecule has 1 N–H and O–H groups in total. The van der Waals surface area contributed by atoms with Crippen LogP contribution in [0.2, 0.25) is 0 Å². The first-order valence-electron chi connectivity index (χ1n) is 7.46. The van der Waals surface area contributed by atoms with E-state index in [2.05, 4.69) is 6.58 Å². The normalized spacial score (nSPS) is 26.0. The van der Waals surface area contributed by atoms with Crippen molar-refractivity contribution in [1.29, 1.82) is 0 Å². The Bertz CT molecular complexity index is 705. The Balaban J connectivity index is 1.67. The number of hydrogen-bond donors (Lipinski definition) is 1. The van der Waals surface area contributed by atoms with Gasteiger partial charge in [-0.3, -0.25) is 4.84 Å². The van der Waals surface area contributed by atoms with E-state index in [-0.39, 0.29) is 19.4 Å². The SMILES string of the molecule is C=CCC1(OC(=O)C(=O)O)CC2ON(C1)c1cc3c(cc12)OCO3. The summed E-state index contributed by atoms with van der Waals surface area (Å²) in [5, 5.41) is 10.5. The highest BCUT2D eigenvalue weighted by Gasteiger charge is 2.50. The van der Waals surface area contributed by atoms with Crippen molar-refractivity contribution < 1.29 is 33.7 Å². The number of carbonyl (C=O) groups is 2. The summed E-state index contributed by atoms with van der Waals surface area (Å²) in [4.78, 5) is 28.3. The number of carboxylic acids is 1. The lowest BCUT2D eigenvalue weighted by Crippen LogP contribution is -2.50. The number of hydrogen-bond acceptors (Lipinski definition) is 7. The van der Waals surface area contributed by atoms with Crippen molar-refractivity contribution in [3.05, 3.63) is 30.4 Å². The summed E-state index contributed by atoms with van der Waals surface area (Å²) in [6, 6.07) is 3.67. The quantitative estimate of drug-likeness (QED) is 0.506. The molecule has 1 saturated heterocycles. The van der Waals surface area contributed by atoms with Gasteiger partial charge >= 0.3 is 11.9 Å². The third-order valence-electron chi connectivity index (χ3n) is 4.38. The predicted molar refractivity (Wildman–Crippen MR) is 79.6 cm³/mol. The average molecular weight is 333 g/mol. The van der Waals surface area contributed by atoms with Crippen molar-refractivity contribution in [1.82, 2.24) is 0 Å². The van der Waals surface area contributed by atoms with Gasteiger partial charge in [-0.25, -0.2) is 14.7 Å². The van der Waals surface area contributed by atoms with Crippen LogP contribution in [0.5, 0.6) is 11.5 Å². The third-order valence-corrected chi connectivity index (χ3v) is 4.38. The topological polar surface area (TPSA) is 94.5 Å². The number of carboxylic acid groups (broad SMARTS) is 1. The smallest absolute Gasteiger partial charge is 0.417 e. The van der Waals surface area contributed by atoms with Crippen LogP contribution in [0.25, 0.3) is 0 Å². The molecule has 0 aliphatic carbocycles. The number of benzene rings is 1. The lowest BCUT2D eigenvalue weighted by atomic mass is 9.90. The zero-order chi connectivity index (χ0) is 16.9. The second-order valence-electron chi connectivity index (χ2n) is 5.97. The fourth-order valence-corrected chi connectivity index (χ4v) is 3.39. The van der Waals surface area contributed by atoms with Crippen LogP contribution in [-0.4, -0.2) is 36.0 Å². The minimum atomic E-state index is -1.62. The fraction of sp³-hybridized carbons (Fsp3) is 0.375. The van der Waals surface area contributed by atoms with Crippen molar-refractivity contribution in [2.45, 2.75) is 24.5 Å². The monoisotopic (exact) mass is 333 g/mol. The van der Waals surface area contributed by atoms with Crippen molar-refractivity contribution in [3.63, 3.8) is 0 Å². The van der Waals surface area contributed by atoms with E-state index in [1.54, 1.807) is 11.1 Å². The van der Waals surface area contributed by atoms with Crippen LogP contribution in [0.15, 0.2) is 24.8 Å². The molecule has 1 fully saturated rings. The van der Waals surface area contributed by atoms with Crippen LogP contribution in [-0.2, 0) is 19.2 Å². The molecule has 126 valence electrons. The van der Waals surface area contributed by atoms with E-state index in [9.17, 15) is 9.59 Å². The van der Waals surface area contributed by atoms with Crippen LogP contribution in [0.4, 0.5) is 5.69 Å². The van der Waals surface area contributed by atoms with Gasteiger partial charge in [-0.2, -0.15) is 0 Å². The van der Waals surface area contributed by atoms with Crippen molar-refractivity contribution in [2.24, 2.45) is 0 Å². The Kier molecular flexibility index (Phi) is 3.17. The van der Waals surface area contributed by atoms with Crippen LogP contribution in [0, 0.1) is 0 Å². The number of aliphatic carboxylic acids is 1. The van der Waals surface area contributed by atoms with E-state index in [1.165, 1.54) is 0 Å². The highest BCUT2D eigenvalue weighted by Crippen LogP contribution is 2.52. The van der Waals surface area contributed by atoms with E-state index in [1.807, 2.05) is 12.1 Å². The average Bonchev–Trinajstić information content (AvgIpc) is 3.09. The number of hydroxylamine groups is 1. The Morgan fingerprint density at radius 2 is 2.17 bits per heavy atom. The maximum absolute atomic E-state index is 11.6. The van der Waals surface area contributed by atoms with Gasteiger partial charge in [-0.1, -0.05) is 6.08 Å². The summed E-state index contributed by atoms with van der Waals surface area (Å²) in [7, 11) is 0. The third kappa shape index (κ3) is 2.18. The van der Waals surface area contributed by atoms with Crippen LogP contribution < -0.4 is 14.5 Å². The number of nitrogens with zero attached hydrogens (tertiary/aromatic N) is 1. The molecular formula is C16H15NO7. The lowest BCUT2D eigenvalue weighted by molar-refractivity contribution is -0.182. The van der Waals surface area contributed by atoms with Gasteiger partial charge in [-0.05, 0) is 6.07 Å². The summed E-state index contributed by atoms with van der Waals surface area (Å²) in [5.41, 5.74) is 0.698. The molecule has 0 spiro atoms. The molecule has 1 aromatic carbocycles. The molecule has 8 nitrogen and oxygen atoms in total. The maximum atomic E-state index is 11.6. The van der Waals surface area contributed by atoms with Crippen molar-refractivity contribution >= 4 is 17.6 Å². The molecule has 3 aliphatic rings. The molecule has 0 amide bonds. The molecule has 0 radical (unpaired) electrons. The number of carbonyl (C=O) groups excluding carboxylic acids is 1. The zero-order valence-corrected chi connectivity index (χ0v) is 12.7. The number of anilines is 1. The van der Waals surface area contributed by atoms with Crippen molar-refractivity contribution in [3.8, 4) is 11.5 Å². The summed E-state index contributed by atoms with van der Waals surface area (Å²) < 4.78 is 16.1. The van der Waals surface area contributed by atoms with Gasteiger partial charge in [0.25, 0.3) is 0 Å². The number of ether oxygens (including phenoxy) is 3. The molecule has 2 unspecified atom stereocenters. The van der Waals surface area contributed by atoms with E-state index in [0.717, 1.165) is 11.3 Å². The standard InChI is InChI=1S/C16H15NO7/c1-2-3-16(23-15(20)14(18)19)6-13-9-4-11-12(22-8-21-11)5-10(9)17(7-16)24-13/h2,4-5,13H,1,3,6-8H2,(H,18,19). The molecule has 2 bridgehead atoms. The first kappa shape index (κ1) is 14.8. The summed E-state index contributed by atoms with van der Waals surface area (Å²) >= 11 is 0. The summed E-state index contributed by atoms with van der Waals surface area (Å²) in [5.74, 6) is -1.63. The van der Waals surface area contributed by atoms with Gasteiger partial charge in [-0.15, -0.1) is 6.58 Å². The minimum Gasteiger partial charge on any atom is -0.473 e. The molecular weight excluding hydrogens is 318 g/mol. The molecule has 0 aromatic heterocycles. The summed E-state index contributed by atoms with van der Waals surface area (Å²) in [6.07, 6.45) is 1.91. The molecule has 1 aromatic rings. The van der Waals surface area contributed by atoms with Crippen LogP contribution in [0.1, 0.15) is 24.5 Å². The van der Waals surface area contributed by atoms with E-state index >= 15 is 0 Å². The molecule has 8 heteroatoms. The minimum absolute atomic E-state index is 0.181. The molecule has 0 saturated carbocycles. The van der Waals surface area contributed by atoms with E-state index in [4.69, 9.17) is 24.2 Å². The van der Waals surface area contributed by atoms with Crippen LogP contribution in [0.3, 0.4) is 0 Å². The zero-order valence-electron chi connectivity index (χ0n) is 12.7. The molecule has 24 heavy (non-hydrogen) atoms. The highest BCUT2D eigenvalue weighted by molar-refractivity contribution is 6.28. The Hall–Kier alpha value is -2.74.